The van der Waals surface area contributed by atoms with Crippen molar-refractivity contribution in [2.45, 2.75) is 6.42 Å². The molecule has 0 radical (unpaired) electrons. The predicted octanol–water partition coefficient (Wildman–Crippen LogP) is 2.84. The number of thioether (sulfide) groups is 1. The highest BCUT2D eigenvalue weighted by Crippen LogP contribution is 2.34. The van der Waals surface area contributed by atoms with Gasteiger partial charge in [0.05, 0.1) is 32.3 Å². The van der Waals surface area contributed by atoms with Crippen LogP contribution in [0.25, 0.3) is 6.08 Å². The quantitative estimate of drug-likeness (QED) is 0.429. The Morgan fingerprint density at radius 3 is 2.73 bits per heavy atom. The highest BCUT2D eigenvalue weighted by atomic mass is 32.2. The molecule has 11 heteroatoms. The molecule has 1 aromatic heterocycles. The summed E-state index contributed by atoms with van der Waals surface area (Å²) in [5, 5.41) is 9.44. The number of morpholine rings is 1. The summed E-state index contributed by atoms with van der Waals surface area (Å²) in [7, 11) is 3.17. The molecule has 1 amide bonds. The summed E-state index contributed by atoms with van der Waals surface area (Å²) < 4.78 is 22.2. The van der Waals surface area contributed by atoms with E-state index in [1.54, 1.807) is 25.2 Å². The summed E-state index contributed by atoms with van der Waals surface area (Å²) in [4.78, 5) is 21.1. The molecule has 0 spiro atoms. The second-order valence-corrected chi connectivity index (χ2v) is 8.87. The van der Waals surface area contributed by atoms with Crippen LogP contribution < -0.4 is 14.4 Å². The van der Waals surface area contributed by atoms with Gasteiger partial charge in [0.1, 0.15) is 10.4 Å². The van der Waals surface area contributed by atoms with Gasteiger partial charge in [-0.2, -0.15) is 10.2 Å². The fraction of sp³-hybridized carbons (Fsp3) is 0.364. The van der Waals surface area contributed by atoms with Gasteiger partial charge in [0.15, 0.2) is 11.5 Å². The van der Waals surface area contributed by atoms with Crippen LogP contribution in [-0.4, -0.2) is 67.2 Å². The van der Waals surface area contributed by atoms with E-state index < -0.39 is 0 Å². The van der Waals surface area contributed by atoms with Crippen LogP contribution in [-0.2, 0) is 16.0 Å². The van der Waals surface area contributed by atoms with Gasteiger partial charge in [-0.05, 0) is 24.1 Å². The smallest absolute Gasteiger partial charge is 0.266 e. The molecule has 172 valence electrons. The summed E-state index contributed by atoms with van der Waals surface area (Å²) in [6.07, 6.45) is 2.14. The number of carbonyl (C=O) groups excluding carboxylic acids is 1. The first kappa shape index (κ1) is 23.1. The summed E-state index contributed by atoms with van der Waals surface area (Å²) in [6, 6.07) is 7.71. The first-order chi connectivity index (χ1) is 16.0. The Kier molecular flexibility index (Phi) is 7.17. The van der Waals surface area contributed by atoms with E-state index in [-0.39, 0.29) is 17.5 Å². The molecular weight excluding hydrogens is 464 g/mol. The number of anilines is 1. The molecule has 0 saturated carbocycles. The summed E-state index contributed by atoms with van der Waals surface area (Å²) in [5.41, 5.74) is 1.18. The first-order valence-electron chi connectivity index (χ1n) is 10.2. The van der Waals surface area contributed by atoms with Gasteiger partial charge in [0.25, 0.3) is 5.91 Å². The molecule has 9 nitrogen and oxygen atoms in total. The molecule has 33 heavy (non-hydrogen) atoms. The van der Waals surface area contributed by atoms with Gasteiger partial charge in [-0.3, -0.25) is 9.69 Å². The molecular formula is C22H22N4O5S2. The number of ether oxygens (including phenoxy) is 3. The van der Waals surface area contributed by atoms with Gasteiger partial charge < -0.3 is 23.5 Å². The van der Waals surface area contributed by atoms with Crippen molar-refractivity contribution < 1.29 is 23.4 Å². The Bertz CT molecular complexity index is 1130. The Hall–Kier alpha value is -3.07. The van der Waals surface area contributed by atoms with Crippen LogP contribution in [0.3, 0.4) is 0 Å². The zero-order valence-electron chi connectivity index (χ0n) is 18.2. The average molecular weight is 487 g/mol. The van der Waals surface area contributed by atoms with Crippen molar-refractivity contribution in [3.05, 3.63) is 40.3 Å². The first-order valence-corrected chi connectivity index (χ1v) is 11.5. The lowest BCUT2D eigenvalue weighted by atomic mass is 10.1. The van der Waals surface area contributed by atoms with Crippen molar-refractivity contribution in [3.8, 4) is 17.6 Å². The van der Waals surface area contributed by atoms with E-state index in [4.69, 9.17) is 30.8 Å². The van der Waals surface area contributed by atoms with Gasteiger partial charge in [0, 0.05) is 25.7 Å². The van der Waals surface area contributed by atoms with Crippen molar-refractivity contribution >= 4 is 46.2 Å². The molecule has 4 rings (SSSR count). The number of hydrogen-bond acceptors (Lipinski definition) is 10. The van der Waals surface area contributed by atoms with Gasteiger partial charge in [-0.15, -0.1) is 0 Å². The zero-order valence-corrected chi connectivity index (χ0v) is 19.8. The molecule has 2 saturated heterocycles. The minimum absolute atomic E-state index is 0.187. The van der Waals surface area contributed by atoms with Crippen LogP contribution in [0, 0.1) is 11.3 Å². The molecule has 0 bridgehead atoms. The van der Waals surface area contributed by atoms with Crippen molar-refractivity contribution in [3.63, 3.8) is 0 Å². The number of benzene rings is 1. The van der Waals surface area contributed by atoms with Crippen molar-refractivity contribution in [1.82, 2.24) is 9.88 Å². The molecule has 0 atom stereocenters. The lowest BCUT2D eigenvalue weighted by Crippen LogP contribution is -2.36. The van der Waals surface area contributed by atoms with Gasteiger partial charge in [-0.25, -0.2) is 0 Å². The molecule has 2 fully saturated rings. The minimum atomic E-state index is -0.213. The van der Waals surface area contributed by atoms with Crippen molar-refractivity contribution in [1.29, 1.82) is 5.26 Å². The fourth-order valence-corrected chi connectivity index (χ4v) is 4.80. The monoisotopic (exact) mass is 486 g/mol. The zero-order chi connectivity index (χ0) is 23.4. The Balaban J connectivity index is 1.47. The summed E-state index contributed by atoms with van der Waals surface area (Å²) in [6.45, 7) is 2.76. The van der Waals surface area contributed by atoms with Crippen molar-refractivity contribution in [2.75, 3.05) is 52.0 Å². The number of hydrogen-bond donors (Lipinski definition) is 0. The number of nitrogens with zero attached hydrogens (tertiary/aromatic N) is 4. The van der Waals surface area contributed by atoms with Gasteiger partial charge in [0.2, 0.25) is 17.5 Å². The van der Waals surface area contributed by atoms with E-state index >= 15 is 0 Å². The van der Waals surface area contributed by atoms with E-state index in [0.717, 1.165) is 5.56 Å². The molecule has 0 unspecified atom stereocenters. The second kappa shape index (κ2) is 10.2. The third-order valence-corrected chi connectivity index (χ3v) is 6.61. The molecule has 2 aliphatic rings. The number of methoxy groups -OCH3 is 2. The molecule has 0 N–H and O–H groups in total. The number of rotatable bonds is 7. The SMILES string of the molecule is COc1ccc(CCN2C(=O)/C(=C/c3nc(C#N)c(N4CCOCC4)o3)SC2=S)cc1OC. The number of nitriles is 1. The summed E-state index contributed by atoms with van der Waals surface area (Å²) in [5.74, 6) is 1.67. The normalized spacial score (nSPS) is 17.5. The van der Waals surface area contributed by atoms with Gasteiger partial charge in [-0.1, -0.05) is 30.0 Å². The Labute approximate surface area is 200 Å². The maximum atomic E-state index is 13.0. The molecule has 1 aromatic carbocycles. The predicted molar refractivity (Wildman–Crippen MR) is 127 cm³/mol. The molecule has 2 aliphatic heterocycles. The maximum Gasteiger partial charge on any atom is 0.266 e. The number of amides is 1. The lowest BCUT2D eigenvalue weighted by molar-refractivity contribution is -0.122. The van der Waals surface area contributed by atoms with Crippen LogP contribution in [0.2, 0.25) is 0 Å². The summed E-state index contributed by atoms with van der Waals surface area (Å²) >= 11 is 6.62. The van der Waals surface area contributed by atoms with Crippen LogP contribution in [0.1, 0.15) is 17.1 Å². The van der Waals surface area contributed by atoms with Crippen LogP contribution in [0.4, 0.5) is 5.88 Å². The largest absolute Gasteiger partial charge is 0.493 e. The maximum absolute atomic E-state index is 13.0. The van der Waals surface area contributed by atoms with E-state index in [0.29, 0.717) is 65.9 Å². The molecule has 0 aliphatic carbocycles. The Morgan fingerprint density at radius 2 is 2.03 bits per heavy atom. The Morgan fingerprint density at radius 1 is 1.27 bits per heavy atom. The second-order valence-electron chi connectivity index (χ2n) is 7.19. The van der Waals surface area contributed by atoms with E-state index in [1.165, 1.54) is 11.8 Å². The van der Waals surface area contributed by atoms with Gasteiger partial charge >= 0.3 is 0 Å². The van der Waals surface area contributed by atoms with Crippen molar-refractivity contribution in [2.24, 2.45) is 0 Å². The van der Waals surface area contributed by atoms with E-state index in [9.17, 15) is 10.1 Å². The van der Waals surface area contributed by atoms with Crippen LogP contribution >= 0.6 is 24.0 Å². The number of aromatic nitrogens is 1. The van der Waals surface area contributed by atoms with E-state index in [2.05, 4.69) is 11.1 Å². The number of thiocarbonyl (C=S) groups is 1. The van der Waals surface area contributed by atoms with E-state index in [1.807, 2.05) is 23.1 Å². The third kappa shape index (κ3) is 4.98. The van der Waals surface area contributed by atoms with Crippen LogP contribution in [0.5, 0.6) is 11.5 Å². The highest BCUT2D eigenvalue weighted by molar-refractivity contribution is 8.26. The minimum Gasteiger partial charge on any atom is -0.493 e. The fourth-order valence-electron chi connectivity index (χ4n) is 3.53. The molecule has 3 heterocycles. The standard InChI is InChI=1S/C22H22N4O5S2/c1-28-16-4-3-14(11-17(16)29-2)5-6-26-20(27)18(33-22(26)32)12-19-24-15(13-23)21(31-19)25-7-9-30-10-8-25/h3-4,11-12H,5-10H2,1-2H3/b18-12-. The average Bonchev–Trinajstić information content (AvgIpc) is 3.38. The topological polar surface area (TPSA) is 101 Å². The number of oxazole rings is 1. The lowest BCUT2D eigenvalue weighted by Gasteiger charge is -2.25. The van der Waals surface area contributed by atoms with Crippen LogP contribution in [0.15, 0.2) is 27.5 Å². The number of carbonyl (C=O) groups is 1. The third-order valence-electron chi connectivity index (χ3n) is 5.23. The highest BCUT2D eigenvalue weighted by Gasteiger charge is 2.32. The molecule has 2 aromatic rings.